The van der Waals surface area contributed by atoms with Crippen LogP contribution in [0.25, 0.3) is 10.9 Å². The van der Waals surface area contributed by atoms with Crippen molar-refractivity contribution in [1.82, 2.24) is 9.55 Å². The monoisotopic (exact) mass is 314 g/mol. The Labute approximate surface area is 118 Å². The second-order valence-electron chi connectivity index (χ2n) is 4.32. The van der Waals surface area contributed by atoms with Gasteiger partial charge in [0.2, 0.25) is 0 Å². The van der Waals surface area contributed by atoms with Crippen LogP contribution in [0, 0.1) is 0 Å². The Morgan fingerprint density at radius 1 is 1.11 bits per heavy atom. The second-order valence-corrected chi connectivity index (χ2v) is 5.24. The van der Waals surface area contributed by atoms with Gasteiger partial charge < -0.3 is 0 Å². The van der Waals surface area contributed by atoms with Gasteiger partial charge in [0.15, 0.2) is 0 Å². The van der Waals surface area contributed by atoms with E-state index in [9.17, 15) is 4.79 Å². The van der Waals surface area contributed by atoms with Crippen LogP contribution in [-0.4, -0.2) is 9.55 Å². The van der Waals surface area contributed by atoms with Gasteiger partial charge in [-0.05, 0) is 23.8 Å². The van der Waals surface area contributed by atoms with Gasteiger partial charge in [-0.2, -0.15) is 0 Å². The Morgan fingerprint density at radius 3 is 2.68 bits per heavy atom. The zero-order valence-electron chi connectivity index (χ0n) is 10.1. The molecule has 0 N–H and O–H groups in total. The summed E-state index contributed by atoms with van der Waals surface area (Å²) in [6, 6.07) is 15.4. The lowest BCUT2D eigenvalue weighted by Crippen LogP contribution is -2.21. The summed E-state index contributed by atoms with van der Waals surface area (Å²) in [4.78, 5) is 16.7. The third-order valence-corrected chi connectivity index (χ3v) is 3.48. The number of rotatable bonds is 2. The van der Waals surface area contributed by atoms with Crippen molar-refractivity contribution in [3.05, 3.63) is 75.2 Å². The summed E-state index contributed by atoms with van der Waals surface area (Å²) in [5.74, 6) is 0. The van der Waals surface area contributed by atoms with Gasteiger partial charge in [0, 0.05) is 4.47 Å². The van der Waals surface area contributed by atoms with Crippen molar-refractivity contribution in [2.24, 2.45) is 0 Å². The molecule has 0 radical (unpaired) electrons. The van der Waals surface area contributed by atoms with E-state index in [0.717, 1.165) is 10.0 Å². The van der Waals surface area contributed by atoms with Crippen LogP contribution in [0.3, 0.4) is 0 Å². The van der Waals surface area contributed by atoms with E-state index in [4.69, 9.17) is 0 Å². The highest BCUT2D eigenvalue weighted by molar-refractivity contribution is 9.10. The van der Waals surface area contributed by atoms with Gasteiger partial charge in [-0.1, -0.05) is 46.3 Å². The molecular weight excluding hydrogens is 304 g/mol. The van der Waals surface area contributed by atoms with Crippen LogP contribution in [0.2, 0.25) is 0 Å². The van der Waals surface area contributed by atoms with E-state index in [1.807, 2.05) is 42.5 Å². The van der Waals surface area contributed by atoms with E-state index in [2.05, 4.69) is 20.9 Å². The fourth-order valence-electron chi connectivity index (χ4n) is 2.02. The minimum Gasteiger partial charge on any atom is -0.294 e. The Bertz CT molecular complexity index is 781. The van der Waals surface area contributed by atoms with Gasteiger partial charge in [-0.15, -0.1) is 0 Å². The van der Waals surface area contributed by atoms with Crippen LogP contribution < -0.4 is 5.56 Å². The number of aromatic nitrogens is 2. The fraction of sp³-hybridized carbons (Fsp3) is 0.0667. The minimum absolute atomic E-state index is 0.0126. The lowest BCUT2D eigenvalue weighted by Gasteiger charge is -2.06. The standard InChI is InChI=1S/C15H11BrN2O/c16-12-6-7-13-14(8-12)17-10-18(15(13)19)9-11-4-2-1-3-5-11/h1-8,10H,9H2. The van der Waals surface area contributed by atoms with Gasteiger partial charge in [0.05, 0.1) is 23.8 Å². The number of benzene rings is 2. The Balaban J connectivity index is 2.08. The van der Waals surface area contributed by atoms with Crippen molar-refractivity contribution < 1.29 is 0 Å². The molecule has 1 heterocycles. The summed E-state index contributed by atoms with van der Waals surface area (Å²) in [6.07, 6.45) is 1.60. The molecule has 19 heavy (non-hydrogen) atoms. The van der Waals surface area contributed by atoms with Gasteiger partial charge in [-0.3, -0.25) is 9.36 Å². The SMILES string of the molecule is O=c1c2ccc(Br)cc2ncn1Cc1ccccc1. The maximum absolute atomic E-state index is 12.4. The summed E-state index contributed by atoms with van der Waals surface area (Å²) < 4.78 is 2.55. The van der Waals surface area contributed by atoms with E-state index < -0.39 is 0 Å². The second kappa shape index (κ2) is 4.97. The normalized spacial score (nSPS) is 10.8. The highest BCUT2D eigenvalue weighted by Gasteiger charge is 2.04. The summed E-state index contributed by atoms with van der Waals surface area (Å²) in [5, 5.41) is 0.640. The molecule has 0 fully saturated rings. The number of nitrogens with zero attached hydrogens (tertiary/aromatic N) is 2. The quantitative estimate of drug-likeness (QED) is 0.728. The lowest BCUT2D eigenvalue weighted by atomic mass is 10.2. The van der Waals surface area contributed by atoms with E-state index in [1.54, 1.807) is 17.0 Å². The fourth-order valence-corrected chi connectivity index (χ4v) is 2.37. The molecule has 3 aromatic rings. The van der Waals surface area contributed by atoms with Gasteiger partial charge in [0.1, 0.15) is 0 Å². The van der Waals surface area contributed by atoms with Crippen LogP contribution in [0.1, 0.15) is 5.56 Å². The Kier molecular flexibility index (Phi) is 3.17. The molecule has 0 bridgehead atoms. The first-order chi connectivity index (χ1) is 9.24. The highest BCUT2D eigenvalue weighted by atomic mass is 79.9. The van der Waals surface area contributed by atoms with Crippen molar-refractivity contribution in [3.63, 3.8) is 0 Å². The first-order valence-corrected chi connectivity index (χ1v) is 6.72. The predicted molar refractivity (Wildman–Crippen MR) is 79.2 cm³/mol. The zero-order chi connectivity index (χ0) is 13.2. The average molecular weight is 315 g/mol. The topological polar surface area (TPSA) is 34.9 Å². The van der Waals surface area contributed by atoms with Crippen LogP contribution in [-0.2, 0) is 6.54 Å². The molecule has 0 amide bonds. The molecule has 1 aromatic heterocycles. The van der Waals surface area contributed by atoms with Crippen LogP contribution >= 0.6 is 15.9 Å². The molecule has 0 aliphatic heterocycles. The molecule has 0 saturated heterocycles. The number of hydrogen-bond acceptors (Lipinski definition) is 2. The molecule has 0 saturated carbocycles. The largest absolute Gasteiger partial charge is 0.294 e. The molecule has 94 valence electrons. The number of hydrogen-bond donors (Lipinski definition) is 0. The summed E-state index contributed by atoms with van der Waals surface area (Å²) in [7, 11) is 0. The Morgan fingerprint density at radius 2 is 1.89 bits per heavy atom. The van der Waals surface area contributed by atoms with Crippen molar-refractivity contribution in [1.29, 1.82) is 0 Å². The summed E-state index contributed by atoms with van der Waals surface area (Å²) >= 11 is 3.38. The molecule has 0 aliphatic carbocycles. The van der Waals surface area contributed by atoms with E-state index >= 15 is 0 Å². The van der Waals surface area contributed by atoms with Crippen LogP contribution in [0.4, 0.5) is 0 Å². The minimum atomic E-state index is -0.0126. The molecule has 3 rings (SSSR count). The first kappa shape index (κ1) is 12.1. The van der Waals surface area contributed by atoms with Gasteiger partial charge >= 0.3 is 0 Å². The smallest absolute Gasteiger partial charge is 0.261 e. The molecule has 0 unspecified atom stereocenters. The van der Waals surface area contributed by atoms with Crippen molar-refractivity contribution in [2.75, 3.05) is 0 Å². The molecule has 3 nitrogen and oxygen atoms in total. The molecular formula is C15H11BrN2O. The first-order valence-electron chi connectivity index (χ1n) is 5.93. The van der Waals surface area contributed by atoms with Crippen molar-refractivity contribution >= 4 is 26.8 Å². The van der Waals surface area contributed by atoms with Crippen molar-refractivity contribution in [2.45, 2.75) is 6.54 Å². The third kappa shape index (κ3) is 2.44. The van der Waals surface area contributed by atoms with E-state index in [1.165, 1.54) is 0 Å². The van der Waals surface area contributed by atoms with E-state index in [-0.39, 0.29) is 5.56 Å². The Hall–Kier alpha value is -1.94. The predicted octanol–water partition coefficient (Wildman–Crippen LogP) is 3.21. The third-order valence-electron chi connectivity index (χ3n) is 2.98. The molecule has 0 aliphatic rings. The average Bonchev–Trinajstić information content (AvgIpc) is 2.43. The van der Waals surface area contributed by atoms with E-state index in [0.29, 0.717) is 17.4 Å². The molecule has 0 spiro atoms. The number of halogens is 1. The van der Waals surface area contributed by atoms with Crippen molar-refractivity contribution in [3.8, 4) is 0 Å². The highest BCUT2D eigenvalue weighted by Crippen LogP contribution is 2.15. The zero-order valence-corrected chi connectivity index (χ0v) is 11.7. The van der Waals surface area contributed by atoms with Crippen LogP contribution in [0.15, 0.2) is 64.1 Å². The van der Waals surface area contributed by atoms with Gasteiger partial charge in [0.25, 0.3) is 5.56 Å². The van der Waals surface area contributed by atoms with Gasteiger partial charge in [-0.25, -0.2) is 4.98 Å². The molecule has 0 atom stereocenters. The summed E-state index contributed by atoms with van der Waals surface area (Å²) in [5.41, 5.74) is 1.79. The van der Waals surface area contributed by atoms with Crippen LogP contribution in [0.5, 0.6) is 0 Å². The lowest BCUT2D eigenvalue weighted by molar-refractivity contribution is 0.748. The number of fused-ring (bicyclic) bond motifs is 1. The maximum Gasteiger partial charge on any atom is 0.261 e. The molecule has 2 aromatic carbocycles. The maximum atomic E-state index is 12.4. The summed E-state index contributed by atoms with van der Waals surface area (Å²) in [6.45, 7) is 0.540. The molecule has 4 heteroatoms.